The predicted molar refractivity (Wildman–Crippen MR) is 95.1 cm³/mol. The molecule has 1 amide bonds. The first-order chi connectivity index (χ1) is 11.7. The van der Waals surface area contributed by atoms with Crippen LogP contribution < -0.4 is 5.32 Å². The molecule has 0 bridgehead atoms. The van der Waals surface area contributed by atoms with Gasteiger partial charge in [-0.15, -0.1) is 0 Å². The summed E-state index contributed by atoms with van der Waals surface area (Å²) in [5.74, 6) is -0.661. The van der Waals surface area contributed by atoms with Gasteiger partial charge in [0.2, 0.25) is 0 Å². The van der Waals surface area contributed by atoms with E-state index in [0.717, 1.165) is 11.1 Å². The Balaban J connectivity index is 1.98. The summed E-state index contributed by atoms with van der Waals surface area (Å²) in [5.41, 5.74) is 1.54. The summed E-state index contributed by atoms with van der Waals surface area (Å²) in [5, 5.41) is 4.06. The Morgan fingerprint density at radius 1 is 1.20 bits per heavy atom. The summed E-state index contributed by atoms with van der Waals surface area (Å²) in [6, 6.07) is 7.11. The fourth-order valence-corrected chi connectivity index (χ4v) is 2.39. The fourth-order valence-electron chi connectivity index (χ4n) is 2.39. The van der Waals surface area contributed by atoms with Crippen LogP contribution in [0.5, 0.6) is 0 Å². The second-order valence-electron chi connectivity index (χ2n) is 7.37. The molecular weight excluding hydrogens is 320 g/mol. The zero-order valence-corrected chi connectivity index (χ0v) is 15.4. The molecule has 1 aromatic rings. The Morgan fingerprint density at radius 3 is 2.52 bits per heavy atom. The van der Waals surface area contributed by atoms with E-state index >= 15 is 0 Å². The molecule has 0 saturated heterocycles. The molecular formula is C19H26N2O4. The molecule has 2 rings (SSSR count). The van der Waals surface area contributed by atoms with E-state index in [0.29, 0.717) is 6.54 Å². The number of carbonyl (C=O) groups is 2. The number of fused-ring (bicyclic) bond motifs is 1. The molecule has 1 atom stereocenters. The highest BCUT2D eigenvalue weighted by atomic mass is 16.7. The monoisotopic (exact) mass is 346 g/mol. The van der Waals surface area contributed by atoms with Crippen molar-refractivity contribution < 1.29 is 19.2 Å². The van der Waals surface area contributed by atoms with Crippen LogP contribution in [0.2, 0.25) is 0 Å². The van der Waals surface area contributed by atoms with Gasteiger partial charge in [0.15, 0.2) is 0 Å². The Labute approximate surface area is 148 Å². The highest BCUT2D eigenvalue weighted by Gasteiger charge is 2.30. The second-order valence-corrected chi connectivity index (χ2v) is 7.37. The molecule has 136 valence electrons. The number of hydrogen-bond acceptors (Lipinski definition) is 5. The van der Waals surface area contributed by atoms with Gasteiger partial charge in [0.05, 0.1) is 6.54 Å². The molecule has 25 heavy (non-hydrogen) atoms. The minimum absolute atomic E-state index is 0.138. The van der Waals surface area contributed by atoms with E-state index in [2.05, 4.69) is 5.32 Å². The van der Waals surface area contributed by atoms with E-state index in [-0.39, 0.29) is 5.92 Å². The molecule has 1 N–H and O–H groups in total. The second kappa shape index (κ2) is 7.59. The normalized spacial score (nSPS) is 14.7. The van der Waals surface area contributed by atoms with Crippen LogP contribution in [0.3, 0.4) is 0 Å². The van der Waals surface area contributed by atoms with Crippen LogP contribution in [0.4, 0.5) is 4.79 Å². The van der Waals surface area contributed by atoms with Crippen LogP contribution in [0.15, 0.2) is 30.5 Å². The molecule has 1 aliphatic heterocycles. The molecule has 1 unspecified atom stereocenters. The van der Waals surface area contributed by atoms with Crippen molar-refractivity contribution >= 4 is 18.1 Å². The Morgan fingerprint density at radius 2 is 1.88 bits per heavy atom. The summed E-state index contributed by atoms with van der Waals surface area (Å²) < 4.78 is 5.22. The maximum atomic E-state index is 12.5. The minimum Gasteiger partial charge on any atom is -0.444 e. The molecule has 0 saturated carbocycles. The number of ether oxygens (including phenoxy) is 1. The number of carbonyl (C=O) groups excluding carboxylic acids is 2. The van der Waals surface area contributed by atoms with Gasteiger partial charge in [-0.2, -0.15) is 0 Å². The predicted octanol–water partition coefficient (Wildman–Crippen LogP) is 3.48. The first-order valence-electron chi connectivity index (χ1n) is 8.40. The average Bonchev–Trinajstić information content (AvgIpc) is 2.50. The third-order valence-corrected chi connectivity index (χ3v) is 3.60. The largest absolute Gasteiger partial charge is 0.444 e. The Hall–Kier alpha value is -2.50. The van der Waals surface area contributed by atoms with Crippen LogP contribution in [0.1, 0.15) is 45.7 Å². The van der Waals surface area contributed by atoms with Crippen molar-refractivity contribution in [1.82, 2.24) is 10.4 Å². The maximum Gasteiger partial charge on any atom is 0.408 e. The molecule has 0 spiro atoms. The standard InChI is InChI=1S/C19H26N2O4/c1-13(2)16(20-18(23)24-19(3,4)5)17(22)25-21-11-10-14-8-6-7-9-15(14)12-21/h6-11,13,16H,12H2,1-5H3,(H,20,23). The first kappa shape index (κ1) is 18.8. The lowest BCUT2D eigenvalue weighted by Crippen LogP contribution is -2.48. The molecule has 1 aliphatic rings. The summed E-state index contributed by atoms with van der Waals surface area (Å²) in [6.45, 7) is 9.45. The SMILES string of the molecule is CC(C)C(NC(=O)OC(C)(C)C)C(=O)ON1C=Cc2ccccc2C1. The van der Waals surface area contributed by atoms with E-state index in [9.17, 15) is 9.59 Å². The van der Waals surface area contributed by atoms with Crippen LogP contribution in [-0.4, -0.2) is 28.8 Å². The number of amides is 1. The number of alkyl carbamates (subject to hydrolysis) is 1. The van der Waals surface area contributed by atoms with Crippen molar-refractivity contribution in [3.05, 3.63) is 41.6 Å². The molecule has 0 aliphatic carbocycles. The van der Waals surface area contributed by atoms with Gasteiger partial charge >= 0.3 is 12.1 Å². The summed E-state index contributed by atoms with van der Waals surface area (Å²) in [7, 11) is 0. The van der Waals surface area contributed by atoms with E-state index < -0.39 is 23.7 Å². The maximum absolute atomic E-state index is 12.5. The van der Waals surface area contributed by atoms with Crippen molar-refractivity contribution in [2.45, 2.75) is 52.8 Å². The van der Waals surface area contributed by atoms with Gasteiger partial charge in [0, 0.05) is 6.20 Å². The number of benzene rings is 1. The number of hydrogen-bond donors (Lipinski definition) is 1. The van der Waals surface area contributed by atoms with E-state index in [1.165, 1.54) is 5.06 Å². The summed E-state index contributed by atoms with van der Waals surface area (Å²) >= 11 is 0. The van der Waals surface area contributed by atoms with E-state index in [4.69, 9.17) is 9.57 Å². The molecule has 6 heteroatoms. The highest BCUT2D eigenvalue weighted by molar-refractivity contribution is 5.81. The zero-order chi connectivity index (χ0) is 18.6. The van der Waals surface area contributed by atoms with Crippen LogP contribution in [-0.2, 0) is 20.9 Å². The minimum atomic E-state index is -0.791. The first-order valence-corrected chi connectivity index (χ1v) is 8.40. The Bertz CT molecular complexity index is 662. The highest BCUT2D eigenvalue weighted by Crippen LogP contribution is 2.20. The van der Waals surface area contributed by atoms with Crippen LogP contribution in [0.25, 0.3) is 6.08 Å². The van der Waals surface area contributed by atoms with Crippen LogP contribution >= 0.6 is 0 Å². The Kier molecular flexibility index (Phi) is 5.72. The van der Waals surface area contributed by atoms with Crippen molar-refractivity contribution in [1.29, 1.82) is 0 Å². The summed E-state index contributed by atoms with van der Waals surface area (Å²) in [4.78, 5) is 29.9. The van der Waals surface area contributed by atoms with Crippen molar-refractivity contribution in [2.24, 2.45) is 5.92 Å². The van der Waals surface area contributed by atoms with E-state index in [1.54, 1.807) is 27.0 Å². The lowest BCUT2D eigenvalue weighted by molar-refractivity contribution is -0.184. The van der Waals surface area contributed by atoms with Gasteiger partial charge in [-0.3, -0.25) is 0 Å². The lowest BCUT2D eigenvalue weighted by Gasteiger charge is -2.28. The van der Waals surface area contributed by atoms with Gasteiger partial charge < -0.3 is 14.9 Å². The zero-order valence-electron chi connectivity index (χ0n) is 15.4. The third kappa shape index (κ3) is 5.52. The van der Waals surface area contributed by atoms with Crippen molar-refractivity contribution in [3.8, 4) is 0 Å². The van der Waals surface area contributed by atoms with E-state index in [1.807, 2.05) is 44.2 Å². The van der Waals surface area contributed by atoms with Gasteiger partial charge in [-0.25, -0.2) is 14.7 Å². The van der Waals surface area contributed by atoms with Crippen molar-refractivity contribution in [2.75, 3.05) is 0 Å². The fraction of sp³-hybridized carbons (Fsp3) is 0.474. The van der Waals surface area contributed by atoms with Gasteiger partial charge in [0.25, 0.3) is 0 Å². The van der Waals surface area contributed by atoms with Gasteiger partial charge in [0.1, 0.15) is 11.6 Å². The average molecular weight is 346 g/mol. The molecule has 0 fully saturated rings. The van der Waals surface area contributed by atoms with Gasteiger partial charge in [-0.1, -0.05) is 38.1 Å². The topological polar surface area (TPSA) is 67.9 Å². The molecule has 6 nitrogen and oxygen atoms in total. The molecule has 0 radical (unpaired) electrons. The van der Waals surface area contributed by atoms with Gasteiger partial charge in [-0.05, 0) is 43.9 Å². The van der Waals surface area contributed by atoms with Crippen LogP contribution in [0, 0.1) is 5.92 Å². The lowest BCUT2D eigenvalue weighted by atomic mass is 10.0. The smallest absolute Gasteiger partial charge is 0.408 e. The number of hydroxylamine groups is 2. The number of nitrogens with one attached hydrogen (secondary N) is 1. The number of nitrogens with zero attached hydrogens (tertiary/aromatic N) is 1. The molecule has 0 aromatic heterocycles. The summed E-state index contributed by atoms with van der Waals surface area (Å²) in [6.07, 6.45) is 2.96. The third-order valence-electron chi connectivity index (χ3n) is 3.60. The quantitative estimate of drug-likeness (QED) is 0.904. The molecule has 1 aromatic carbocycles. The molecule has 1 heterocycles. The van der Waals surface area contributed by atoms with Crippen molar-refractivity contribution in [3.63, 3.8) is 0 Å². The number of rotatable bonds is 4.